The van der Waals surface area contributed by atoms with Crippen LogP contribution >= 0.6 is 0 Å². The van der Waals surface area contributed by atoms with Crippen LogP contribution in [-0.2, 0) is 32.1 Å². The highest BCUT2D eigenvalue weighted by Crippen LogP contribution is 2.41. The van der Waals surface area contributed by atoms with Crippen molar-refractivity contribution in [3.8, 4) is 11.1 Å². The molecule has 0 fully saturated rings. The lowest BCUT2D eigenvalue weighted by Crippen LogP contribution is -2.15. The van der Waals surface area contributed by atoms with Gasteiger partial charge in [0.25, 0.3) is 0 Å². The van der Waals surface area contributed by atoms with Gasteiger partial charge >= 0.3 is 0 Å². The van der Waals surface area contributed by atoms with Gasteiger partial charge in [0.2, 0.25) is 0 Å². The van der Waals surface area contributed by atoms with Crippen molar-refractivity contribution in [3.63, 3.8) is 0 Å². The van der Waals surface area contributed by atoms with Crippen LogP contribution in [0.25, 0.3) is 11.1 Å². The fourth-order valence-electron chi connectivity index (χ4n) is 5.10. The van der Waals surface area contributed by atoms with Gasteiger partial charge in [-0.25, -0.2) is 0 Å². The van der Waals surface area contributed by atoms with E-state index in [1.54, 1.807) is 33.4 Å². The molecule has 0 saturated carbocycles. The molecule has 0 amide bonds. The first-order valence-corrected chi connectivity index (χ1v) is 12.0. The summed E-state index contributed by atoms with van der Waals surface area (Å²) in [6.45, 7) is 7.01. The van der Waals surface area contributed by atoms with Crippen LogP contribution in [-0.4, -0.2) is 0 Å². The lowest BCUT2D eigenvalue weighted by molar-refractivity contribution is 0.654. The molecule has 28 heavy (non-hydrogen) atoms. The van der Waals surface area contributed by atoms with Crippen molar-refractivity contribution in [2.24, 2.45) is 0 Å². The van der Waals surface area contributed by atoms with Gasteiger partial charge in [0.05, 0.1) is 0 Å². The summed E-state index contributed by atoms with van der Waals surface area (Å²) in [6, 6.07) is 11.3. The van der Waals surface area contributed by atoms with Crippen LogP contribution in [0.4, 0.5) is 0 Å². The first-order valence-electron chi connectivity index (χ1n) is 12.0. The van der Waals surface area contributed by atoms with Gasteiger partial charge in [0.1, 0.15) is 0 Å². The predicted molar refractivity (Wildman–Crippen MR) is 124 cm³/mol. The number of rotatable bonds is 10. The summed E-state index contributed by atoms with van der Waals surface area (Å²) in [4.78, 5) is 0. The van der Waals surface area contributed by atoms with E-state index in [9.17, 15) is 0 Å². The molecule has 0 spiro atoms. The zero-order valence-electron chi connectivity index (χ0n) is 18.6. The molecular formula is C28H40. The summed E-state index contributed by atoms with van der Waals surface area (Å²) in [5.74, 6) is 0. The van der Waals surface area contributed by atoms with Crippen molar-refractivity contribution in [1.29, 1.82) is 0 Å². The average molecular weight is 377 g/mol. The van der Waals surface area contributed by atoms with E-state index in [4.69, 9.17) is 0 Å². The maximum atomic E-state index is 2.36. The molecule has 0 saturated heterocycles. The van der Waals surface area contributed by atoms with Gasteiger partial charge in [-0.2, -0.15) is 0 Å². The van der Waals surface area contributed by atoms with E-state index >= 15 is 0 Å². The Morgan fingerprint density at radius 1 is 0.607 bits per heavy atom. The third-order valence-corrected chi connectivity index (χ3v) is 6.57. The van der Waals surface area contributed by atoms with Crippen LogP contribution < -0.4 is 0 Å². The average Bonchev–Trinajstić information content (AvgIpc) is 2.75. The molecule has 0 aliphatic heterocycles. The minimum Gasteiger partial charge on any atom is -0.0654 e. The lowest BCUT2D eigenvalue weighted by Gasteiger charge is -2.30. The third kappa shape index (κ3) is 4.70. The molecule has 1 aliphatic rings. The summed E-state index contributed by atoms with van der Waals surface area (Å²) in [5.41, 5.74) is 11.8. The Bertz CT molecular complexity index is 739. The molecule has 3 rings (SSSR count). The van der Waals surface area contributed by atoms with Crippen LogP contribution in [0.15, 0.2) is 30.3 Å². The Morgan fingerprint density at radius 3 is 1.68 bits per heavy atom. The molecule has 2 aromatic carbocycles. The SMILES string of the molecule is CCCCc1c2c(c(CCCC)c(-c3ccccc3)c1CCCC)CCCC2. The molecule has 2 aromatic rings. The van der Waals surface area contributed by atoms with E-state index in [0.29, 0.717) is 0 Å². The van der Waals surface area contributed by atoms with E-state index in [-0.39, 0.29) is 0 Å². The minimum absolute atomic E-state index is 1.26. The fraction of sp³-hybridized carbons (Fsp3) is 0.571. The number of unbranched alkanes of at least 4 members (excludes halogenated alkanes) is 3. The Balaban J connectivity index is 2.27. The summed E-state index contributed by atoms with van der Waals surface area (Å²) >= 11 is 0. The molecule has 0 atom stereocenters. The molecule has 1 aliphatic carbocycles. The second kappa shape index (κ2) is 10.8. The van der Waals surface area contributed by atoms with E-state index in [1.165, 1.54) is 89.0 Å². The zero-order chi connectivity index (χ0) is 19.8. The lowest BCUT2D eigenvalue weighted by atomic mass is 9.75. The number of fused-ring (bicyclic) bond motifs is 1. The molecule has 0 heteroatoms. The summed E-state index contributed by atoms with van der Waals surface area (Å²) in [5, 5.41) is 0. The maximum absolute atomic E-state index is 2.36. The van der Waals surface area contributed by atoms with Crippen molar-refractivity contribution in [3.05, 3.63) is 58.1 Å². The highest BCUT2D eigenvalue weighted by atomic mass is 14.3. The summed E-state index contributed by atoms with van der Waals surface area (Å²) < 4.78 is 0. The van der Waals surface area contributed by atoms with Crippen molar-refractivity contribution in [2.75, 3.05) is 0 Å². The highest BCUT2D eigenvalue weighted by Gasteiger charge is 2.25. The Hall–Kier alpha value is -1.56. The van der Waals surface area contributed by atoms with Crippen molar-refractivity contribution >= 4 is 0 Å². The van der Waals surface area contributed by atoms with Crippen molar-refractivity contribution < 1.29 is 0 Å². The van der Waals surface area contributed by atoms with Crippen molar-refractivity contribution in [2.45, 2.75) is 104 Å². The van der Waals surface area contributed by atoms with Crippen LogP contribution in [0.3, 0.4) is 0 Å². The monoisotopic (exact) mass is 376 g/mol. The van der Waals surface area contributed by atoms with Gasteiger partial charge in [-0.05, 0) is 103 Å². The van der Waals surface area contributed by atoms with Crippen LogP contribution in [0.1, 0.15) is 100.0 Å². The Labute approximate surface area is 173 Å². The van der Waals surface area contributed by atoms with E-state index in [1.807, 2.05) is 0 Å². The summed E-state index contributed by atoms with van der Waals surface area (Å²) in [6.07, 6.45) is 17.0. The smallest absolute Gasteiger partial charge is 0.0114 e. The van der Waals surface area contributed by atoms with Gasteiger partial charge in [0.15, 0.2) is 0 Å². The van der Waals surface area contributed by atoms with Gasteiger partial charge in [-0.3, -0.25) is 0 Å². The second-order valence-electron chi connectivity index (χ2n) is 8.65. The van der Waals surface area contributed by atoms with Crippen molar-refractivity contribution in [1.82, 2.24) is 0 Å². The summed E-state index contributed by atoms with van der Waals surface area (Å²) in [7, 11) is 0. The first kappa shape index (κ1) is 21.2. The predicted octanol–water partition coefficient (Wildman–Crippen LogP) is 8.26. The molecule has 0 bridgehead atoms. The quantitative estimate of drug-likeness (QED) is 0.391. The molecule has 0 nitrogen and oxygen atoms in total. The van der Waals surface area contributed by atoms with Gasteiger partial charge < -0.3 is 0 Å². The van der Waals surface area contributed by atoms with Gasteiger partial charge in [0, 0.05) is 0 Å². The molecule has 152 valence electrons. The highest BCUT2D eigenvalue weighted by molar-refractivity contribution is 5.76. The molecule has 0 N–H and O–H groups in total. The Kier molecular flexibility index (Phi) is 8.19. The first-order chi connectivity index (χ1) is 13.8. The van der Waals surface area contributed by atoms with Crippen LogP contribution in [0, 0.1) is 0 Å². The van der Waals surface area contributed by atoms with Crippen LogP contribution in [0.2, 0.25) is 0 Å². The van der Waals surface area contributed by atoms with Gasteiger partial charge in [-0.1, -0.05) is 70.4 Å². The van der Waals surface area contributed by atoms with E-state index in [0.717, 1.165) is 0 Å². The standard InChI is InChI=1S/C28H40/c1-4-7-17-24-23-20-13-14-21-25(23)27(19-9-6-3)28(26(24)18-8-5-2)22-15-11-10-12-16-22/h10-12,15-16H,4-9,13-14,17-21H2,1-3H3. The topological polar surface area (TPSA) is 0 Å². The minimum atomic E-state index is 1.26. The Morgan fingerprint density at radius 2 is 1.11 bits per heavy atom. The fourth-order valence-corrected chi connectivity index (χ4v) is 5.10. The maximum Gasteiger partial charge on any atom is -0.0114 e. The number of benzene rings is 2. The number of hydrogen-bond acceptors (Lipinski definition) is 0. The second-order valence-corrected chi connectivity index (χ2v) is 8.65. The molecule has 0 aromatic heterocycles. The molecule has 0 radical (unpaired) electrons. The van der Waals surface area contributed by atoms with Crippen LogP contribution in [0.5, 0.6) is 0 Å². The zero-order valence-corrected chi connectivity index (χ0v) is 18.6. The number of hydrogen-bond donors (Lipinski definition) is 0. The molecule has 0 heterocycles. The van der Waals surface area contributed by atoms with E-state index < -0.39 is 0 Å². The third-order valence-electron chi connectivity index (χ3n) is 6.57. The largest absolute Gasteiger partial charge is 0.0654 e. The van der Waals surface area contributed by atoms with Gasteiger partial charge in [-0.15, -0.1) is 0 Å². The van der Waals surface area contributed by atoms with E-state index in [2.05, 4.69) is 51.1 Å². The molecule has 0 unspecified atom stereocenters. The normalized spacial score (nSPS) is 13.5. The molecular weight excluding hydrogens is 336 g/mol.